The fourth-order valence-corrected chi connectivity index (χ4v) is 3.30. The highest BCUT2D eigenvalue weighted by Gasteiger charge is 2.17. The Morgan fingerprint density at radius 2 is 1.87 bits per heavy atom. The fourth-order valence-electron chi connectivity index (χ4n) is 3.30. The predicted molar refractivity (Wildman–Crippen MR) is 113 cm³/mol. The summed E-state index contributed by atoms with van der Waals surface area (Å²) in [6.45, 7) is 4.70. The van der Waals surface area contributed by atoms with Crippen LogP contribution >= 0.6 is 0 Å². The number of aromatic nitrogens is 5. The van der Waals surface area contributed by atoms with Crippen LogP contribution < -0.4 is 10.9 Å². The minimum Gasteiger partial charge on any atom is -0.346 e. The third-order valence-corrected chi connectivity index (χ3v) is 4.65. The molecule has 0 aliphatic carbocycles. The Kier molecular flexibility index (Phi) is 5.38. The van der Waals surface area contributed by atoms with Crippen molar-refractivity contribution in [1.29, 1.82) is 0 Å². The molecule has 1 aromatic carbocycles. The number of hydrogen-bond acceptors (Lipinski definition) is 5. The predicted octanol–water partition coefficient (Wildman–Crippen LogP) is 2.56. The van der Waals surface area contributed by atoms with Crippen LogP contribution in [0.5, 0.6) is 0 Å². The highest BCUT2D eigenvalue weighted by atomic mass is 16.2. The minimum atomic E-state index is -0.348. The van der Waals surface area contributed by atoms with Crippen molar-refractivity contribution in [2.24, 2.45) is 5.92 Å². The lowest BCUT2D eigenvalue weighted by Gasteiger charge is -2.13. The van der Waals surface area contributed by atoms with Gasteiger partial charge < -0.3 is 5.32 Å². The van der Waals surface area contributed by atoms with Gasteiger partial charge in [-0.05, 0) is 24.1 Å². The number of nitrogens with one attached hydrogen (secondary N) is 1. The second kappa shape index (κ2) is 8.28. The molecule has 1 N–H and O–H groups in total. The van der Waals surface area contributed by atoms with Crippen molar-refractivity contribution in [3.05, 3.63) is 82.7 Å². The number of nitrogens with zero attached hydrogens (tertiary/aromatic N) is 5. The average molecular weight is 402 g/mol. The highest BCUT2D eigenvalue weighted by Crippen LogP contribution is 2.15. The Labute approximate surface area is 173 Å². The lowest BCUT2D eigenvalue weighted by Crippen LogP contribution is -2.31. The third kappa shape index (κ3) is 3.84. The minimum absolute atomic E-state index is 0.191. The van der Waals surface area contributed by atoms with Gasteiger partial charge in [0, 0.05) is 42.6 Å². The van der Waals surface area contributed by atoms with Gasteiger partial charge >= 0.3 is 0 Å². The van der Waals surface area contributed by atoms with Crippen LogP contribution in [0.25, 0.3) is 16.6 Å². The van der Waals surface area contributed by atoms with Gasteiger partial charge in [0.25, 0.3) is 11.5 Å². The van der Waals surface area contributed by atoms with Crippen molar-refractivity contribution >= 4 is 16.7 Å². The number of carbonyl (C=O) groups excluding carboxylic acids is 1. The van der Waals surface area contributed by atoms with Gasteiger partial charge in [0.15, 0.2) is 11.5 Å². The first-order valence-corrected chi connectivity index (χ1v) is 9.76. The molecule has 3 aromatic heterocycles. The quantitative estimate of drug-likeness (QED) is 0.535. The summed E-state index contributed by atoms with van der Waals surface area (Å²) in [7, 11) is 0. The molecule has 152 valence electrons. The molecule has 4 rings (SSSR count). The number of carbonyl (C=O) groups is 1. The highest BCUT2D eigenvalue weighted by molar-refractivity contribution is 6.04. The van der Waals surface area contributed by atoms with Gasteiger partial charge in [0.2, 0.25) is 0 Å². The number of fused-ring (bicyclic) bond motifs is 1. The zero-order valence-corrected chi connectivity index (χ0v) is 16.8. The fraction of sp³-hybridized carbons (Fsp3) is 0.227. The monoisotopic (exact) mass is 402 g/mol. The van der Waals surface area contributed by atoms with Gasteiger partial charge in [-0.1, -0.05) is 38.1 Å². The Hall–Kier alpha value is -3.81. The molecule has 30 heavy (non-hydrogen) atoms. The van der Waals surface area contributed by atoms with Crippen molar-refractivity contribution in [2.75, 3.05) is 0 Å². The van der Waals surface area contributed by atoms with Crippen LogP contribution in [0.1, 0.15) is 29.9 Å². The van der Waals surface area contributed by atoms with E-state index in [4.69, 9.17) is 0 Å². The van der Waals surface area contributed by atoms with Crippen molar-refractivity contribution in [3.63, 3.8) is 0 Å². The SMILES string of the molecule is CC(C)Cn1nc(C(=O)NCc2cccnc2-n2cccn2)c2ccccc2c1=O. The van der Waals surface area contributed by atoms with E-state index in [1.54, 1.807) is 47.5 Å². The molecule has 0 radical (unpaired) electrons. The van der Waals surface area contributed by atoms with Crippen LogP contribution in [0.15, 0.2) is 65.8 Å². The molecule has 0 bridgehead atoms. The van der Waals surface area contributed by atoms with E-state index in [9.17, 15) is 9.59 Å². The second-order valence-corrected chi connectivity index (χ2v) is 7.39. The van der Waals surface area contributed by atoms with Crippen molar-refractivity contribution in [1.82, 2.24) is 29.9 Å². The maximum absolute atomic E-state index is 13.0. The van der Waals surface area contributed by atoms with E-state index in [2.05, 4.69) is 20.5 Å². The molecule has 8 heteroatoms. The van der Waals surface area contributed by atoms with Crippen LogP contribution in [0.4, 0.5) is 0 Å². The molecule has 0 aliphatic heterocycles. The summed E-state index contributed by atoms with van der Waals surface area (Å²) in [5.74, 6) is 0.517. The maximum atomic E-state index is 13.0. The zero-order valence-electron chi connectivity index (χ0n) is 16.8. The van der Waals surface area contributed by atoms with E-state index < -0.39 is 0 Å². The molecular weight excluding hydrogens is 380 g/mol. The molecule has 8 nitrogen and oxygen atoms in total. The van der Waals surface area contributed by atoms with E-state index >= 15 is 0 Å². The van der Waals surface area contributed by atoms with Crippen LogP contribution in [-0.4, -0.2) is 30.5 Å². The summed E-state index contributed by atoms with van der Waals surface area (Å²) in [5.41, 5.74) is 0.855. The first-order valence-electron chi connectivity index (χ1n) is 9.76. The van der Waals surface area contributed by atoms with Crippen molar-refractivity contribution in [3.8, 4) is 5.82 Å². The molecular formula is C22H22N6O2. The molecule has 0 aliphatic rings. The molecule has 0 saturated carbocycles. The second-order valence-electron chi connectivity index (χ2n) is 7.39. The van der Waals surface area contributed by atoms with E-state index in [-0.39, 0.29) is 29.6 Å². The van der Waals surface area contributed by atoms with Gasteiger partial charge in [-0.15, -0.1) is 0 Å². The maximum Gasteiger partial charge on any atom is 0.274 e. The van der Waals surface area contributed by atoms with E-state index in [0.29, 0.717) is 23.1 Å². The van der Waals surface area contributed by atoms with E-state index in [1.165, 1.54) is 4.68 Å². The molecule has 3 heterocycles. The normalized spacial score (nSPS) is 11.2. The van der Waals surface area contributed by atoms with Crippen LogP contribution in [0, 0.1) is 5.92 Å². The molecule has 0 unspecified atom stereocenters. The number of hydrogen-bond donors (Lipinski definition) is 1. The summed E-state index contributed by atoms with van der Waals surface area (Å²) in [6.07, 6.45) is 5.15. The van der Waals surface area contributed by atoms with Crippen LogP contribution in [-0.2, 0) is 13.1 Å². The third-order valence-electron chi connectivity index (χ3n) is 4.65. The Bertz CT molecular complexity index is 1240. The Morgan fingerprint density at radius 3 is 2.60 bits per heavy atom. The van der Waals surface area contributed by atoms with Gasteiger partial charge in [-0.3, -0.25) is 9.59 Å². The van der Waals surface area contributed by atoms with E-state index in [1.807, 2.05) is 32.0 Å². The average Bonchev–Trinajstić information content (AvgIpc) is 3.29. The van der Waals surface area contributed by atoms with E-state index in [0.717, 1.165) is 5.56 Å². The number of pyridine rings is 1. The summed E-state index contributed by atoms with van der Waals surface area (Å²) in [5, 5.41) is 12.5. The largest absolute Gasteiger partial charge is 0.346 e. The standard InChI is InChI=1S/C22H22N6O2/c1-15(2)14-28-22(30)18-9-4-3-8-17(18)19(26-28)21(29)24-13-16-7-5-10-23-20(16)27-12-6-11-25-27/h3-12,15H,13-14H2,1-2H3,(H,24,29). The first kappa shape index (κ1) is 19.5. The van der Waals surface area contributed by atoms with Gasteiger partial charge in [0.1, 0.15) is 0 Å². The van der Waals surface area contributed by atoms with Gasteiger partial charge in [-0.25, -0.2) is 14.3 Å². The first-order chi connectivity index (χ1) is 14.5. The Morgan fingerprint density at radius 1 is 1.07 bits per heavy atom. The van der Waals surface area contributed by atoms with Crippen LogP contribution in [0.3, 0.4) is 0 Å². The van der Waals surface area contributed by atoms with Crippen molar-refractivity contribution < 1.29 is 4.79 Å². The molecule has 4 aromatic rings. The van der Waals surface area contributed by atoms with Crippen LogP contribution in [0.2, 0.25) is 0 Å². The summed E-state index contributed by atoms with van der Waals surface area (Å²) in [4.78, 5) is 30.2. The lowest BCUT2D eigenvalue weighted by molar-refractivity contribution is 0.0945. The number of benzene rings is 1. The Balaban J connectivity index is 1.66. The number of rotatable bonds is 6. The molecule has 1 amide bonds. The summed E-state index contributed by atoms with van der Waals surface area (Å²) < 4.78 is 3.03. The zero-order chi connectivity index (χ0) is 21.1. The summed E-state index contributed by atoms with van der Waals surface area (Å²) >= 11 is 0. The van der Waals surface area contributed by atoms with Gasteiger partial charge in [0.05, 0.1) is 5.39 Å². The topological polar surface area (TPSA) is 94.7 Å². The molecule has 0 atom stereocenters. The number of amides is 1. The van der Waals surface area contributed by atoms with Gasteiger partial charge in [-0.2, -0.15) is 10.2 Å². The molecule has 0 fully saturated rings. The molecule has 0 saturated heterocycles. The molecule has 0 spiro atoms. The summed E-state index contributed by atoms with van der Waals surface area (Å²) in [6, 6.07) is 12.6. The smallest absolute Gasteiger partial charge is 0.274 e. The van der Waals surface area contributed by atoms with Crippen molar-refractivity contribution in [2.45, 2.75) is 26.9 Å². The lowest BCUT2D eigenvalue weighted by atomic mass is 10.1.